The van der Waals surface area contributed by atoms with Crippen molar-refractivity contribution in [2.24, 2.45) is 4.99 Å². The number of benzene rings is 2. The molecule has 0 saturated heterocycles. The van der Waals surface area contributed by atoms with E-state index in [1.54, 1.807) is 11.5 Å². The second kappa shape index (κ2) is 7.51. The molecule has 0 bridgehead atoms. The molecule has 0 spiro atoms. The van der Waals surface area contributed by atoms with Gasteiger partial charge in [0, 0.05) is 11.6 Å². The largest absolute Gasteiger partial charge is 0.253 e. The Morgan fingerprint density at radius 2 is 1.55 bits per heavy atom. The van der Waals surface area contributed by atoms with E-state index in [2.05, 4.69) is 47.1 Å². The summed E-state index contributed by atoms with van der Waals surface area (Å²) in [6, 6.07) is 20.7. The van der Waals surface area contributed by atoms with Gasteiger partial charge >= 0.3 is 0 Å². The normalized spacial score (nSPS) is 11.5. The maximum absolute atomic E-state index is 4.71. The lowest BCUT2D eigenvalue weighted by Gasteiger charge is -2.05. The van der Waals surface area contributed by atoms with Crippen molar-refractivity contribution in [2.45, 2.75) is 19.9 Å². The smallest absolute Gasteiger partial charge is 0.223 e. The zero-order chi connectivity index (χ0) is 14.7. The summed E-state index contributed by atoms with van der Waals surface area (Å²) in [5.41, 5.74) is 2.21. The lowest BCUT2D eigenvalue weighted by Crippen LogP contribution is -2.03. The summed E-state index contributed by atoms with van der Waals surface area (Å²) in [5, 5.41) is 0. The highest BCUT2D eigenvalue weighted by atomic mass is 79.9. The van der Waals surface area contributed by atoms with Crippen molar-refractivity contribution in [3.8, 4) is 17.1 Å². The third-order valence-corrected chi connectivity index (χ3v) is 3.88. The van der Waals surface area contributed by atoms with E-state index in [-0.39, 0.29) is 23.0 Å². The number of para-hydroxylation sites is 1. The van der Waals surface area contributed by atoms with Crippen LogP contribution in [0.4, 0.5) is 0 Å². The number of halogens is 1. The van der Waals surface area contributed by atoms with Gasteiger partial charge in [-0.25, -0.2) is 3.96 Å². The van der Waals surface area contributed by atoms with Crippen LogP contribution < -0.4 is 4.80 Å². The Balaban J connectivity index is 0.00000176. The van der Waals surface area contributed by atoms with E-state index in [9.17, 15) is 0 Å². The quantitative estimate of drug-likeness (QED) is 0.663. The fraction of sp³-hybridized carbons (Fsp3) is 0.176. The van der Waals surface area contributed by atoms with Gasteiger partial charge in [0.05, 0.1) is 5.69 Å². The van der Waals surface area contributed by atoms with E-state index in [0.29, 0.717) is 0 Å². The molecule has 22 heavy (non-hydrogen) atoms. The van der Waals surface area contributed by atoms with Gasteiger partial charge in [-0.05, 0) is 37.5 Å². The van der Waals surface area contributed by atoms with Gasteiger partial charge in [-0.15, -0.1) is 17.0 Å². The van der Waals surface area contributed by atoms with Crippen LogP contribution in [0.5, 0.6) is 0 Å². The van der Waals surface area contributed by atoms with Gasteiger partial charge in [0.15, 0.2) is 5.82 Å². The molecule has 1 aromatic heterocycles. The van der Waals surface area contributed by atoms with Crippen LogP contribution in [0.2, 0.25) is 0 Å². The number of aromatic nitrogens is 2. The highest BCUT2D eigenvalue weighted by Gasteiger charge is 2.10. The molecule has 0 aliphatic carbocycles. The third kappa shape index (κ3) is 3.72. The number of nitrogens with zero attached hydrogens (tertiary/aromatic N) is 3. The molecule has 3 aromatic rings. The first-order valence-electron chi connectivity index (χ1n) is 6.99. The van der Waals surface area contributed by atoms with E-state index >= 15 is 0 Å². The predicted octanol–water partition coefficient (Wildman–Crippen LogP) is 4.49. The molecule has 114 valence electrons. The number of rotatable bonds is 3. The second-order valence-corrected chi connectivity index (χ2v) is 5.94. The molecule has 1 heterocycles. The van der Waals surface area contributed by atoms with Crippen molar-refractivity contribution in [2.75, 3.05) is 0 Å². The molecule has 0 aliphatic heterocycles. The van der Waals surface area contributed by atoms with E-state index in [1.807, 2.05) is 36.4 Å². The van der Waals surface area contributed by atoms with Gasteiger partial charge < -0.3 is 0 Å². The minimum atomic E-state index is 0. The fourth-order valence-electron chi connectivity index (χ4n) is 2.06. The van der Waals surface area contributed by atoms with Crippen molar-refractivity contribution >= 4 is 28.5 Å². The number of hydrogen-bond donors (Lipinski definition) is 0. The molecule has 0 aliphatic rings. The molecule has 0 amide bonds. The van der Waals surface area contributed by atoms with Crippen molar-refractivity contribution in [1.29, 1.82) is 0 Å². The summed E-state index contributed by atoms with van der Waals surface area (Å²) in [6.45, 7) is 4.13. The SMILES string of the molecule is Br.CC(C)N=c1nc(-c2ccccc2)n(-c2ccccc2)s1. The third-order valence-electron chi connectivity index (χ3n) is 2.96. The van der Waals surface area contributed by atoms with Crippen LogP contribution in [-0.4, -0.2) is 15.0 Å². The molecule has 3 rings (SSSR count). The summed E-state index contributed by atoms with van der Waals surface area (Å²) >= 11 is 1.57. The average Bonchev–Trinajstić information content (AvgIpc) is 2.92. The summed E-state index contributed by atoms with van der Waals surface area (Å²) in [4.78, 5) is 10.1. The Labute approximate surface area is 144 Å². The molecular weight excluding hydrogens is 358 g/mol. The van der Waals surface area contributed by atoms with Crippen LogP contribution in [0.3, 0.4) is 0 Å². The molecule has 0 radical (unpaired) electrons. The van der Waals surface area contributed by atoms with Gasteiger partial charge in [0.1, 0.15) is 0 Å². The van der Waals surface area contributed by atoms with Crippen molar-refractivity contribution in [3.63, 3.8) is 0 Å². The minimum absolute atomic E-state index is 0. The van der Waals surface area contributed by atoms with E-state index in [0.717, 1.165) is 21.9 Å². The fourth-order valence-corrected chi connectivity index (χ4v) is 3.07. The van der Waals surface area contributed by atoms with Crippen LogP contribution >= 0.6 is 28.5 Å². The monoisotopic (exact) mass is 375 g/mol. The van der Waals surface area contributed by atoms with Gasteiger partial charge in [0.2, 0.25) is 4.80 Å². The van der Waals surface area contributed by atoms with Gasteiger partial charge in [0.25, 0.3) is 0 Å². The number of hydrogen-bond acceptors (Lipinski definition) is 3. The second-order valence-electron chi connectivity index (χ2n) is 5.03. The minimum Gasteiger partial charge on any atom is -0.253 e. The maximum atomic E-state index is 4.71. The van der Waals surface area contributed by atoms with Crippen LogP contribution in [-0.2, 0) is 0 Å². The van der Waals surface area contributed by atoms with Gasteiger partial charge in [-0.2, -0.15) is 4.98 Å². The molecule has 0 atom stereocenters. The Kier molecular flexibility index (Phi) is 5.69. The lowest BCUT2D eigenvalue weighted by atomic mass is 10.2. The Morgan fingerprint density at radius 3 is 2.14 bits per heavy atom. The first-order valence-corrected chi connectivity index (χ1v) is 7.76. The van der Waals surface area contributed by atoms with Crippen LogP contribution in [0.25, 0.3) is 17.1 Å². The van der Waals surface area contributed by atoms with Crippen LogP contribution in [0, 0.1) is 0 Å². The summed E-state index contributed by atoms with van der Waals surface area (Å²) in [7, 11) is 0. The van der Waals surface area contributed by atoms with Crippen molar-refractivity contribution in [3.05, 3.63) is 65.5 Å². The lowest BCUT2D eigenvalue weighted by molar-refractivity contribution is 0.801. The summed E-state index contributed by atoms with van der Waals surface area (Å²) in [5.74, 6) is 0.936. The van der Waals surface area contributed by atoms with Crippen molar-refractivity contribution < 1.29 is 0 Å². The first-order chi connectivity index (χ1) is 10.2. The topological polar surface area (TPSA) is 30.2 Å². The first kappa shape index (κ1) is 16.6. The van der Waals surface area contributed by atoms with E-state index in [1.165, 1.54) is 0 Å². The molecule has 0 fully saturated rings. The molecule has 0 unspecified atom stereocenters. The Bertz CT molecular complexity index is 716. The van der Waals surface area contributed by atoms with Crippen molar-refractivity contribution in [1.82, 2.24) is 8.94 Å². The zero-order valence-corrected chi connectivity index (χ0v) is 15.0. The predicted molar refractivity (Wildman–Crippen MR) is 97.9 cm³/mol. The molecular formula is C17H18BrN3S. The Morgan fingerprint density at radius 1 is 0.955 bits per heavy atom. The Hall–Kier alpha value is -1.72. The molecule has 2 aromatic carbocycles. The standard InChI is InChI=1S/C17H17N3S.BrH/c1-13(2)18-17-19-16(14-9-5-3-6-10-14)20(21-17)15-11-7-4-8-12-15;/h3-13H,1-2H3;1H. The molecule has 5 heteroatoms. The average molecular weight is 376 g/mol. The van der Waals surface area contributed by atoms with Crippen LogP contribution in [0.1, 0.15) is 13.8 Å². The summed E-state index contributed by atoms with van der Waals surface area (Å²) in [6.07, 6.45) is 0. The van der Waals surface area contributed by atoms with E-state index < -0.39 is 0 Å². The van der Waals surface area contributed by atoms with Crippen LogP contribution in [0.15, 0.2) is 65.7 Å². The highest BCUT2D eigenvalue weighted by molar-refractivity contribution is 8.93. The maximum Gasteiger partial charge on any atom is 0.223 e. The molecule has 3 nitrogen and oxygen atoms in total. The highest BCUT2D eigenvalue weighted by Crippen LogP contribution is 2.21. The molecule has 0 saturated carbocycles. The van der Waals surface area contributed by atoms with Gasteiger partial charge in [-0.3, -0.25) is 4.99 Å². The molecule has 0 N–H and O–H groups in total. The van der Waals surface area contributed by atoms with Gasteiger partial charge in [-0.1, -0.05) is 48.5 Å². The summed E-state index contributed by atoms with van der Waals surface area (Å²) < 4.78 is 2.14. The zero-order valence-electron chi connectivity index (χ0n) is 12.5. The van der Waals surface area contributed by atoms with E-state index in [4.69, 9.17) is 4.98 Å².